The first-order valence-electron chi connectivity index (χ1n) is 7.17. The van der Waals surface area contributed by atoms with E-state index in [1.807, 2.05) is 37.4 Å². The second-order valence-electron chi connectivity index (χ2n) is 4.96. The molecule has 0 radical (unpaired) electrons. The third-order valence-electron chi connectivity index (χ3n) is 3.52. The molecule has 23 heavy (non-hydrogen) atoms. The van der Waals surface area contributed by atoms with E-state index in [9.17, 15) is 4.79 Å². The molecule has 3 aromatic rings. The van der Waals surface area contributed by atoms with Crippen molar-refractivity contribution < 1.29 is 4.79 Å². The van der Waals surface area contributed by atoms with Gasteiger partial charge in [-0.3, -0.25) is 14.8 Å². The third kappa shape index (κ3) is 3.03. The van der Waals surface area contributed by atoms with Gasteiger partial charge >= 0.3 is 0 Å². The molecule has 0 spiro atoms. The molecule has 2 N–H and O–H groups in total. The normalized spacial score (nSPS) is 10.3. The minimum atomic E-state index is -0.248. The fraction of sp³-hybridized carbons (Fsp3) is 0.0556. The highest BCUT2D eigenvalue weighted by atomic mass is 16.1. The number of amides is 1. The number of nitrogens with one attached hydrogen (secondary N) is 2. The lowest BCUT2D eigenvalue weighted by Gasteiger charge is -2.09. The topological polar surface area (TPSA) is 66.9 Å². The summed E-state index contributed by atoms with van der Waals surface area (Å²) in [6, 6.07) is 11.5. The van der Waals surface area contributed by atoms with Gasteiger partial charge in [0, 0.05) is 41.8 Å². The standard InChI is InChI=1S/C18H16N4O/c1-3-18(23)22-13-6-8-21-17(11-13)12-4-5-16-14(10-12)15(19-2)7-9-20-16/h3-11H,1H2,2H3,(H,19,20)(H,21,22,23). The molecule has 2 heterocycles. The first-order chi connectivity index (χ1) is 11.2. The summed E-state index contributed by atoms with van der Waals surface area (Å²) in [6.45, 7) is 3.45. The van der Waals surface area contributed by atoms with Crippen LogP contribution in [0.3, 0.4) is 0 Å². The Morgan fingerprint density at radius 1 is 1.13 bits per heavy atom. The van der Waals surface area contributed by atoms with Gasteiger partial charge in [0.15, 0.2) is 0 Å². The first kappa shape index (κ1) is 14.7. The zero-order chi connectivity index (χ0) is 16.2. The quantitative estimate of drug-likeness (QED) is 0.724. The molecule has 0 aliphatic heterocycles. The molecule has 0 aliphatic rings. The Kier molecular flexibility index (Phi) is 4.01. The van der Waals surface area contributed by atoms with E-state index >= 15 is 0 Å². The fourth-order valence-corrected chi connectivity index (χ4v) is 2.38. The zero-order valence-electron chi connectivity index (χ0n) is 12.7. The summed E-state index contributed by atoms with van der Waals surface area (Å²) >= 11 is 0. The van der Waals surface area contributed by atoms with Crippen LogP contribution in [-0.2, 0) is 4.79 Å². The van der Waals surface area contributed by atoms with Crippen LogP contribution in [0.4, 0.5) is 11.4 Å². The van der Waals surface area contributed by atoms with Gasteiger partial charge in [0.05, 0.1) is 11.2 Å². The number of pyridine rings is 2. The number of hydrogen-bond donors (Lipinski definition) is 2. The van der Waals surface area contributed by atoms with E-state index in [0.717, 1.165) is 27.8 Å². The molecule has 0 saturated heterocycles. The Labute approximate surface area is 134 Å². The van der Waals surface area contributed by atoms with Gasteiger partial charge in [0.25, 0.3) is 0 Å². The molecular weight excluding hydrogens is 288 g/mol. The van der Waals surface area contributed by atoms with E-state index < -0.39 is 0 Å². The van der Waals surface area contributed by atoms with Gasteiger partial charge in [-0.2, -0.15) is 0 Å². The van der Waals surface area contributed by atoms with Crippen molar-refractivity contribution in [1.82, 2.24) is 9.97 Å². The molecule has 1 aromatic carbocycles. The summed E-state index contributed by atoms with van der Waals surface area (Å²) in [7, 11) is 1.88. The molecule has 5 heteroatoms. The van der Waals surface area contributed by atoms with E-state index in [4.69, 9.17) is 0 Å². The van der Waals surface area contributed by atoms with Crippen LogP contribution < -0.4 is 10.6 Å². The fourth-order valence-electron chi connectivity index (χ4n) is 2.38. The predicted molar refractivity (Wildman–Crippen MR) is 93.3 cm³/mol. The van der Waals surface area contributed by atoms with Gasteiger partial charge < -0.3 is 10.6 Å². The van der Waals surface area contributed by atoms with Crippen LogP contribution in [0, 0.1) is 0 Å². The van der Waals surface area contributed by atoms with Crippen molar-refractivity contribution in [3.8, 4) is 11.3 Å². The number of hydrogen-bond acceptors (Lipinski definition) is 4. The second-order valence-corrected chi connectivity index (χ2v) is 4.96. The van der Waals surface area contributed by atoms with Gasteiger partial charge in [-0.1, -0.05) is 12.6 Å². The average Bonchev–Trinajstić information content (AvgIpc) is 2.60. The number of carbonyl (C=O) groups excluding carboxylic acids is 1. The summed E-state index contributed by atoms with van der Waals surface area (Å²) in [5.41, 5.74) is 4.33. The van der Waals surface area contributed by atoms with Gasteiger partial charge in [0.2, 0.25) is 5.91 Å². The monoisotopic (exact) mass is 304 g/mol. The minimum Gasteiger partial charge on any atom is -0.388 e. The maximum absolute atomic E-state index is 11.4. The van der Waals surface area contributed by atoms with Crippen molar-refractivity contribution in [2.75, 3.05) is 17.7 Å². The van der Waals surface area contributed by atoms with Gasteiger partial charge in [0.1, 0.15) is 0 Å². The SMILES string of the molecule is C=CC(=O)Nc1ccnc(-c2ccc3nccc(NC)c3c2)c1. The van der Waals surface area contributed by atoms with E-state index in [0.29, 0.717) is 5.69 Å². The summed E-state index contributed by atoms with van der Waals surface area (Å²) < 4.78 is 0. The summed E-state index contributed by atoms with van der Waals surface area (Å²) in [6.07, 6.45) is 4.68. The maximum atomic E-state index is 11.4. The molecule has 0 atom stereocenters. The maximum Gasteiger partial charge on any atom is 0.247 e. The van der Waals surface area contributed by atoms with Crippen molar-refractivity contribution in [3.05, 3.63) is 61.4 Å². The number of aromatic nitrogens is 2. The third-order valence-corrected chi connectivity index (χ3v) is 3.52. The van der Waals surface area contributed by atoms with Crippen molar-refractivity contribution in [2.24, 2.45) is 0 Å². The molecule has 0 saturated carbocycles. The van der Waals surface area contributed by atoms with Gasteiger partial charge in [-0.15, -0.1) is 0 Å². The van der Waals surface area contributed by atoms with Crippen LogP contribution >= 0.6 is 0 Å². The Bertz CT molecular complexity index is 889. The summed E-state index contributed by atoms with van der Waals surface area (Å²) in [5.74, 6) is -0.248. The number of anilines is 2. The Balaban J connectivity index is 2.04. The molecule has 0 aliphatic carbocycles. The first-order valence-corrected chi connectivity index (χ1v) is 7.17. The molecule has 1 amide bonds. The van der Waals surface area contributed by atoms with E-state index in [1.165, 1.54) is 6.08 Å². The average molecular weight is 304 g/mol. The molecule has 2 aromatic heterocycles. The number of fused-ring (bicyclic) bond motifs is 1. The summed E-state index contributed by atoms with van der Waals surface area (Å²) in [4.78, 5) is 20.2. The number of nitrogens with zero attached hydrogens (tertiary/aromatic N) is 2. The van der Waals surface area contributed by atoms with Gasteiger partial charge in [-0.25, -0.2) is 0 Å². The highest BCUT2D eigenvalue weighted by Gasteiger charge is 2.06. The van der Waals surface area contributed by atoms with Crippen LogP contribution in [0.15, 0.2) is 61.4 Å². The lowest BCUT2D eigenvalue weighted by Crippen LogP contribution is -2.07. The number of benzene rings is 1. The van der Waals surface area contributed by atoms with Crippen LogP contribution in [0.1, 0.15) is 0 Å². The smallest absolute Gasteiger partial charge is 0.247 e. The van der Waals surface area contributed by atoms with Crippen LogP contribution in [0.25, 0.3) is 22.2 Å². The molecule has 0 bridgehead atoms. The predicted octanol–water partition coefficient (Wildman–Crippen LogP) is 3.46. The Morgan fingerprint density at radius 2 is 1.96 bits per heavy atom. The van der Waals surface area contributed by atoms with Crippen molar-refractivity contribution >= 4 is 28.2 Å². The van der Waals surface area contributed by atoms with Gasteiger partial charge in [-0.05, 0) is 36.4 Å². The lowest BCUT2D eigenvalue weighted by atomic mass is 10.1. The lowest BCUT2D eigenvalue weighted by molar-refractivity contribution is -0.111. The van der Waals surface area contributed by atoms with Crippen molar-refractivity contribution in [1.29, 1.82) is 0 Å². The van der Waals surface area contributed by atoms with Crippen LogP contribution in [0.5, 0.6) is 0 Å². The van der Waals surface area contributed by atoms with Crippen molar-refractivity contribution in [3.63, 3.8) is 0 Å². The molecule has 0 unspecified atom stereocenters. The summed E-state index contributed by atoms with van der Waals surface area (Å²) in [5, 5.41) is 6.93. The molecule has 114 valence electrons. The zero-order valence-corrected chi connectivity index (χ0v) is 12.7. The van der Waals surface area contributed by atoms with Crippen LogP contribution in [0.2, 0.25) is 0 Å². The highest BCUT2D eigenvalue weighted by Crippen LogP contribution is 2.27. The Morgan fingerprint density at radius 3 is 2.74 bits per heavy atom. The van der Waals surface area contributed by atoms with Crippen LogP contribution in [-0.4, -0.2) is 22.9 Å². The molecule has 0 fully saturated rings. The van der Waals surface area contributed by atoms with E-state index in [2.05, 4.69) is 27.2 Å². The Hall–Kier alpha value is -3.21. The molecular formula is C18H16N4O. The number of carbonyl (C=O) groups is 1. The van der Waals surface area contributed by atoms with E-state index in [1.54, 1.807) is 18.5 Å². The minimum absolute atomic E-state index is 0.248. The molecule has 5 nitrogen and oxygen atoms in total. The molecule has 3 rings (SSSR count). The van der Waals surface area contributed by atoms with Crippen molar-refractivity contribution in [2.45, 2.75) is 0 Å². The highest BCUT2D eigenvalue weighted by molar-refractivity contribution is 5.99. The van der Waals surface area contributed by atoms with E-state index in [-0.39, 0.29) is 5.91 Å². The number of rotatable bonds is 4. The second kappa shape index (κ2) is 6.27. The largest absolute Gasteiger partial charge is 0.388 e.